The molecule has 0 saturated carbocycles. The van der Waals surface area contributed by atoms with Crippen LogP contribution in [0.2, 0.25) is 5.02 Å². The molecule has 0 atom stereocenters. The van der Waals surface area contributed by atoms with Crippen molar-refractivity contribution in [1.29, 1.82) is 5.26 Å². The van der Waals surface area contributed by atoms with E-state index in [1.807, 2.05) is 42.5 Å². The van der Waals surface area contributed by atoms with Gasteiger partial charge in [0.25, 0.3) is 0 Å². The van der Waals surface area contributed by atoms with Crippen molar-refractivity contribution in [2.24, 2.45) is 0 Å². The number of nitrogens with one attached hydrogen (secondary N) is 2. The number of nitrogens with zero attached hydrogens (tertiary/aromatic N) is 2. The topological polar surface area (TPSA) is 94.9 Å². The molecule has 2 amide bonds. The number of hydrogen-bond donors (Lipinski definition) is 2. The molecule has 0 bridgehead atoms. The van der Waals surface area contributed by atoms with Crippen LogP contribution in [0.5, 0.6) is 0 Å². The Kier molecular flexibility index (Phi) is 6.01. The molecule has 0 aliphatic carbocycles. The molecule has 136 valence electrons. The van der Waals surface area contributed by atoms with Gasteiger partial charge < -0.3 is 10.6 Å². The van der Waals surface area contributed by atoms with Crippen molar-refractivity contribution in [2.75, 3.05) is 13.1 Å². The Labute approximate surface area is 164 Å². The second kappa shape index (κ2) is 8.62. The third-order valence-electron chi connectivity index (χ3n) is 3.75. The highest BCUT2D eigenvalue weighted by Gasteiger charge is 2.14. The highest BCUT2D eigenvalue weighted by molar-refractivity contribution is 7.19. The molecule has 0 aliphatic heterocycles. The molecule has 2 aromatic carbocycles. The van der Waals surface area contributed by atoms with Crippen LogP contribution < -0.4 is 10.6 Å². The molecule has 1 aromatic heterocycles. The fourth-order valence-electron chi connectivity index (χ4n) is 2.50. The Hall–Kier alpha value is -2.95. The highest BCUT2D eigenvalue weighted by atomic mass is 35.5. The van der Waals surface area contributed by atoms with E-state index in [2.05, 4.69) is 15.6 Å². The Morgan fingerprint density at radius 2 is 1.89 bits per heavy atom. The summed E-state index contributed by atoms with van der Waals surface area (Å²) in [5, 5.41) is 14.5. The first kappa shape index (κ1) is 18.8. The summed E-state index contributed by atoms with van der Waals surface area (Å²) in [4.78, 5) is 27.9. The molecule has 2 N–H and O–H groups in total. The molecule has 1 heterocycles. The molecule has 6 nitrogen and oxygen atoms in total. The Balaban J connectivity index is 1.72. The molecule has 0 spiro atoms. The molecule has 0 saturated heterocycles. The largest absolute Gasteiger partial charge is 0.347 e. The first-order chi connectivity index (χ1) is 13.1. The maximum absolute atomic E-state index is 12.0. The van der Waals surface area contributed by atoms with Crippen LogP contribution in [0.3, 0.4) is 0 Å². The van der Waals surface area contributed by atoms with Gasteiger partial charge in [-0.1, -0.05) is 48.0 Å². The maximum Gasteiger partial charge on any atom is 0.240 e. The fraction of sp³-hybridized carbons (Fsp3) is 0.158. The monoisotopic (exact) mass is 398 g/mol. The molecule has 27 heavy (non-hydrogen) atoms. The number of halogens is 1. The molecule has 8 heteroatoms. The van der Waals surface area contributed by atoms with Crippen LogP contribution in [0.1, 0.15) is 5.01 Å². The average Bonchev–Trinajstić information content (AvgIpc) is 3.09. The fourth-order valence-corrected chi connectivity index (χ4v) is 3.89. The number of aromatic nitrogens is 1. The van der Waals surface area contributed by atoms with Crippen LogP contribution in [0.25, 0.3) is 21.3 Å². The van der Waals surface area contributed by atoms with Crippen molar-refractivity contribution in [3.63, 3.8) is 0 Å². The van der Waals surface area contributed by atoms with Gasteiger partial charge in [-0.2, -0.15) is 5.26 Å². The van der Waals surface area contributed by atoms with Gasteiger partial charge in [0.15, 0.2) is 0 Å². The molecule has 0 unspecified atom stereocenters. The number of nitriles is 1. The van der Waals surface area contributed by atoms with E-state index < -0.39 is 5.91 Å². The van der Waals surface area contributed by atoms with E-state index in [1.165, 1.54) is 11.3 Å². The molecule has 3 rings (SSSR count). The first-order valence-electron chi connectivity index (χ1n) is 8.12. The average molecular weight is 399 g/mol. The lowest BCUT2D eigenvalue weighted by atomic mass is 10.1. The lowest BCUT2D eigenvalue weighted by Gasteiger charge is -2.04. The van der Waals surface area contributed by atoms with E-state index >= 15 is 0 Å². The van der Waals surface area contributed by atoms with Gasteiger partial charge in [-0.3, -0.25) is 9.59 Å². The van der Waals surface area contributed by atoms with E-state index in [9.17, 15) is 9.59 Å². The number of fused-ring (bicyclic) bond motifs is 1. The normalized spacial score (nSPS) is 10.4. The van der Waals surface area contributed by atoms with Gasteiger partial charge in [0.05, 0.1) is 34.3 Å². The SMILES string of the molecule is N#CCNC(=O)CNC(=O)Cc1nc2ccc(-c3ccccc3)c(Cl)c2s1. The summed E-state index contributed by atoms with van der Waals surface area (Å²) in [5.41, 5.74) is 2.67. The predicted octanol–water partition coefficient (Wildman–Crippen LogP) is 2.92. The summed E-state index contributed by atoms with van der Waals surface area (Å²) in [5.74, 6) is -0.731. The number of hydrogen-bond acceptors (Lipinski definition) is 5. The predicted molar refractivity (Wildman–Crippen MR) is 105 cm³/mol. The zero-order valence-corrected chi connectivity index (χ0v) is 15.7. The van der Waals surface area contributed by atoms with E-state index in [1.54, 1.807) is 6.07 Å². The first-order valence-corrected chi connectivity index (χ1v) is 9.31. The number of amides is 2. The Morgan fingerprint density at radius 1 is 1.11 bits per heavy atom. The summed E-state index contributed by atoms with van der Waals surface area (Å²) >= 11 is 7.93. The molecular formula is C19H15ClN4O2S. The maximum atomic E-state index is 12.0. The van der Waals surface area contributed by atoms with Crippen LogP contribution in [0.15, 0.2) is 42.5 Å². The van der Waals surface area contributed by atoms with Crippen molar-refractivity contribution in [3.8, 4) is 17.2 Å². The van der Waals surface area contributed by atoms with Crippen LogP contribution in [-0.2, 0) is 16.0 Å². The zero-order valence-electron chi connectivity index (χ0n) is 14.2. The van der Waals surface area contributed by atoms with E-state index in [0.717, 1.165) is 21.3 Å². The number of carbonyl (C=O) groups is 2. The van der Waals surface area contributed by atoms with Gasteiger partial charge in [0.2, 0.25) is 11.8 Å². The van der Waals surface area contributed by atoms with Crippen molar-refractivity contribution in [2.45, 2.75) is 6.42 Å². The van der Waals surface area contributed by atoms with Gasteiger partial charge in [-0.15, -0.1) is 11.3 Å². The lowest BCUT2D eigenvalue weighted by Crippen LogP contribution is -2.37. The van der Waals surface area contributed by atoms with Gasteiger partial charge in [0.1, 0.15) is 11.6 Å². The zero-order chi connectivity index (χ0) is 19.2. The number of thiazole rings is 1. The number of benzene rings is 2. The van der Waals surface area contributed by atoms with Crippen LogP contribution >= 0.6 is 22.9 Å². The minimum atomic E-state index is -0.412. The summed E-state index contributed by atoms with van der Waals surface area (Å²) in [7, 11) is 0. The number of rotatable bonds is 6. The minimum absolute atomic E-state index is 0.0574. The van der Waals surface area contributed by atoms with Crippen molar-refractivity contribution in [1.82, 2.24) is 15.6 Å². The van der Waals surface area contributed by atoms with E-state index in [0.29, 0.717) is 10.0 Å². The second-order valence-corrected chi connectivity index (χ2v) is 7.10. The van der Waals surface area contributed by atoms with E-state index in [4.69, 9.17) is 16.9 Å². The highest BCUT2D eigenvalue weighted by Crippen LogP contribution is 2.37. The van der Waals surface area contributed by atoms with Crippen molar-refractivity contribution < 1.29 is 9.59 Å². The summed E-state index contributed by atoms with van der Waals surface area (Å²) < 4.78 is 0.826. The quantitative estimate of drug-likeness (QED) is 0.624. The summed E-state index contributed by atoms with van der Waals surface area (Å²) in [6.07, 6.45) is 0.0574. The Morgan fingerprint density at radius 3 is 2.63 bits per heavy atom. The lowest BCUT2D eigenvalue weighted by molar-refractivity contribution is -0.125. The molecular weight excluding hydrogens is 384 g/mol. The van der Waals surface area contributed by atoms with Crippen molar-refractivity contribution in [3.05, 3.63) is 52.5 Å². The molecule has 0 aliphatic rings. The van der Waals surface area contributed by atoms with Gasteiger partial charge in [-0.05, 0) is 11.6 Å². The Bertz CT molecular complexity index is 1030. The third-order valence-corrected chi connectivity index (χ3v) is 5.34. The van der Waals surface area contributed by atoms with Gasteiger partial charge >= 0.3 is 0 Å². The summed E-state index contributed by atoms with van der Waals surface area (Å²) in [6.45, 7) is -0.265. The standard InChI is InChI=1S/C19H15ClN4O2S/c20-18-13(12-4-2-1-3-5-12)6-7-14-19(18)27-17(24-14)10-15(25)23-11-16(26)22-9-8-21/h1-7H,9-11H2,(H,22,26)(H,23,25). The van der Waals surface area contributed by atoms with Crippen LogP contribution in [0, 0.1) is 11.3 Å². The second-order valence-electron chi connectivity index (χ2n) is 5.64. The number of carbonyl (C=O) groups excluding carboxylic acids is 2. The third kappa shape index (κ3) is 4.61. The smallest absolute Gasteiger partial charge is 0.240 e. The molecule has 3 aromatic rings. The molecule has 0 radical (unpaired) electrons. The summed E-state index contributed by atoms with van der Waals surface area (Å²) in [6, 6.07) is 15.4. The van der Waals surface area contributed by atoms with Crippen LogP contribution in [-0.4, -0.2) is 29.9 Å². The van der Waals surface area contributed by atoms with Crippen LogP contribution in [0.4, 0.5) is 0 Å². The minimum Gasteiger partial charge on any atom is -0.347 e. The van der Waals surface area contributed by atoms with Gasteiger partial charge in [-0.25, -0.2) is 4.98 Å². The van der Waals surface area contributed by atoms with Crippen molar-refractivity contribution >= 4 is 45.0 Å². The van der Waals surface area contributed by atoms with E-state index in [-0.39, 0.29) is 25.4 Å². The molecule has 0 fully saturated rings. The van der Waals surface area contributed by atoms with Gasteiger partial charge in [0, 0.05) is 5.56 Å².